The number of benzene rings is 1. The Hall–Kier alpha value is -0.940. The molecule has 106 valence electrons. The third kappa shape index (κ3) is 3.76. The van der Waals surface area contributed by atoms with Gasteiger partial charge in [-0.05, 0) is 45.4 Å². The van der Waals surface area contributed by atoms with E-state index in [0.29, 0.717) is 16.6 Å². The second kappa shape index (κ2) is 6.48. The molecular weight excluding hydrogens is 313 g/mol. The third-order valence-electron chi connectivity index (χ3n) is 2.73. The number of esters is 1. The van der Waals surface area contributed by atoms with Crippen molar-refractivity contribution >= 4 is 21.9 Å². The van der Waals surface area contributed by atoms with Crippen LogP contribution in [0.2, 0.25) is 0 Å². The minimum atomic E-state index is -1.02. The van der Waals surface area contributed by atoms with Crippen molar-refractivity contribution in [2.75, 3.05) is 6.61 Å². The van der Waals surface area contributed by atoms with Gasteiger partial charge in [0.05, 0.1) is 6.61 Å². The van der Waals surface area contributed by atoms with Crippen molar-refractivity contribution in [1.82, 2.24) is 5.32 Å². The van der Waals surface area contributed by atoms with Gasteiger partial charge in [0.25, 0.3) is 0 Å². The fourth-order valence-corrected chi connectivity index (χ4v) is 2.74. The van der Waals surface area contributed by atoms with Gasteiger partial charge < -0.3 is 4.74 Å². The number of carbonyl (C=O) groups is 1. The molecular formula is C14H19BrFNO2. The third-order valence-corrected chi connectivity index (χ3v) is 3.39. The van der Waals surface area contributed by atoms with E-state index in [1.807, 2.05) is 13.8 Å². The molecule has 0 aliphatic carbocycles. The van der Waals surface area contributed by atoms with E-state index in [0.717, 1.165) is 0 Å². The number of hydrogen-bond donors (Lipinski definition) is 1. The summed E-state index contributed by atoms with van der Waals surface area (Å²) >= 11 is 3.30. The van der Waals surface area contributed by atoms with E-state index in [9.17, 15) is 9.18 Å². The van der Waals surface area contributed by atoms with E-state index >= 15 is 0 Å². The maximum Gasteiger partial charge on any atom is 0.330 e. The van der Waals surface area contributed by atoms with E-state index in [1.165, 1.54) is 12.1 Å². The van der Waals surface area contributed by atoms with Gasteiger partial charge in [-0.2, -0.15) is 0 Å². The van der Waals surface area contributed by atoms with Gasteiger partial charge in [-0.3, -0.25) is 5.32 Å². The molecule has 0 fully saturated rings. The summed E-state index contributed by atoms with van der Waals surface area (Å²) < 4.78 is 18.9. The summed E-state index contributed by atoms with van der Waals surface area (Å²) in [5.74, 6) is -0.734. The van der Waals surface area contributed by atoms with Gasteiger partial charge in [-0.25, -0.2) is 9.18 Å². The lowest BCUT2D eigenvalue weighted by Crippen LogP contribution is -2.50. The molecule has 0 heterocycles. The molecule has 0 spiro atoms. The number of hydrogen-bond acceptors (Lipinski definition) is 3. The maximum atomic E-state index is 13.2. The lowest BCUT2D eigenvalue weighted by Gasteiger charge is -2.32. The molecule has 1 N–H and O–H groups in total. The standard InChI is InChI=1S/C14H19BrFNO2/c1-5-19-13(18)14(4,17-9(2)3)11-7-6-10(16)8-12(11)15/h6-9,17H,5H2,1-4H3. The van der Waals surface area contributed by atoms with Crippen molar-refractivity contribution < 1.29 is 13.9 Å². The van der Waals surface area contributed by atoms with Crippen LogP contribution in [0.1, 0.15) is 33.3 Å². The normalized spacial score (nSPS) is 14.3. The van der Waals surface area contributed by atoms with Crippen LogP contribution in [0, 0.1) is 5.82 Å². The first kappa shape index (κ1) is 16.1. The molecule has 1 unspecified atom stereocenters. The molecule has 1 aromatic rings. The summed E-state index contributed by atoms with van der Waals surface area (Å²) in [6.45, 7) is 7.67. The van der Waals surface area contributed by atoms with Crippen LogP contribution in [0.15, 0.2) is 22.7 Å². The van der Waals surface area contributed by atoms with Gasteiger partial charge in [0.1, 0.15) is 11.4 Å². The van der Waals surface area contributed by atoms with Crippen LogP contribution in [-0.2, 0) is 15.1 Å². The molecule has 19 heavy (non-hydrogen) atoms. The highest BCUT2D eigenvalue weighted by molar-refractivity contribution is 9.10. The summed E-state index contributed by atoms with van der Waals surface area (Å²) in [6, 6.07) is 4.34. The minimum Gasteiger partial charge on any atom is -0.464 e. The molecule has 1 aromatic carbocycles. The molecule has 1 atom stereocenters. The predicted octanol–water partition coefficient (Wildman–Crippen LogP) is 3.36. The van der Waals surface area contributed by atoms with Crippen LogP contribution in [0.3, 0.4) is 0 Å². The monoisotopic (exact) mass is 331 g/mol. The first-order chi connectivity index (χ1) is 8.81. The molecule has 0 aliphatic rings. The van der Waals surface area contributed by atoms with Gasteiger partial charge in [0.2, 0.25) is 0 Å². The molecule has 0 saturated heterocycles. The topological polar surface area (TPSA) is 38.3 Å². The van der Waals surface area contributed by atoms with Crippen molar-refractivity contribution in [3.63, 3.8) is 0 Å². The molecule has 1 rings (SSSR count). The molecule has 0 aromatic heterocycles. The number of carbonyl (C=O) groups excluding carboxylic acids is 1. The average molecular weight is 332 g/mol. The quantitative estimate of drug-likeness (QED) is 0.841. The summed E-state index contributed by atoms with van der Waals surface area (Å²) in [4.78, 5) is 12.2. The lowest BCUT2D eigenvalue weighted by molar-refractivity contribution is -0.151. The minimum absolute atomic E-state index is 0.0753. The number of rotatable bonds is 5. The van der Waals surface area contributed by atoms with Crippen LogP contribution >= 0.6 is 15.9 Å². The Morgan fingerprint density at radius 2 is 2.16 bits per heavy atom. The van der Waals surface area contributed by atoms with Gasteiger partial charge in [-0.15, -0.1) is 0 Å². The van der Waals surface area contributed by atoms with E-state index in [1.54, 1.807) is 19.9 Å². The van der Waals surface area contributed by atoms with E-state index in [-0.39, 0.29) is 17.8 Å². The fourth-order valence-electron chi connectivity index (χ4n) is 1.99. The Kier molecular flexibility index (Phi) is 5.50. The smallest absolute Gasteiger partial charge is 0.330 e. The van der Waals surface area contributed by atoms with Crippen LogP contribution in [0.5, 0.6) is 0 Å². The van der Waals surface area contributed by atoms with Crippen LogP contribution < -0.4 is 5.32 Å². The predicted molar refractivity (Wildman–Crippen MR) is 76.4 cm³/mol. The highest BCUT2D eigenvalue weighted by Crippen LogP contribution is 2.30. The highest BCUT2D eigenvalue weighted by atomic mass is 79.9. The zero-order chi connectivity index (χ0) is 14.6. The SMILES string of the molecule is CCOC(=O)C(C)(NC(C)C)c1ccc(F)cc1Br. The van der Waals surface area contributed by atoms with Gasteiger partial charge >= 0.3 is 5.97 Å². The second-order valence-electron chi connectivity index (χ2n) is 4.77. The number of halogens is 2. The van der Waals surface area contributed by atoms with Crippen molar-refractivity contribution in [3.05, 3.63) is 34.1 Å². The summed E-state index contributed by atoms with van der Waals surface area (Å²) in [5, 5.41) is 3.19. The number of ether oxygens (including phenoxy) is 1. The Morgan fingerprint density at radius 3 is 2.63 bits per heavy atom. The van der Waals surface area contributed by atoms with Crippen molar-refractivity contribution in [2.45, 2.75) is 39.3 Å². The molecule has 0 radical (unpaired) electrons. The van der Waals surface area contributed by atoms with E-state index in [2.05, 4.69) is 21.2 Å². The molecule has 0 bridgehead atoms. The zero-order valence-corrected chi connectivity index (χ0v) is 13.2. The zero-order valence-electron chi connectivity index (χ0n) is 11.6. The number of nitrogens with one attached hydrogen (secondary N) is 1. The Labute approximate surface area is 121 Å². The molecule has 0 amide bonds. The molecule has 0 aliphatic heterocycles. The summed E-state index contributed by atoms with van der Waals surface area (Å²) in [6.07, 6.45) is 0. The maximum absolute atomic E-state index is 13.2. The molecule has 5 heteroatoms. The van der Waals surface area contributed by atoms with Gasteiger partial charge in [0.15, 0.2) is 0 Å². The Balaban J connectivity index is 3.26. The second-order valence-corrected chi connectivity index (χ2v) is 5.62. The first-order valence-electron chi connectivity index (χ1n) is 6.21. The van der Waals surface area contributed by atoms with Crippen molar-refractivity contribution in [2.24, 2.45) is 0 Å². The largest absolute Gasteiger partial charge is 0.464 e. The van der Waals surface area contributed by atoms with Gasteiger partial charge in [-0.1, -0.05) is 22.0 Å². The Bertz CT molecular complexity index is 465. The van der Waals surface area contributed by atoms with Crippen LogP contribution in [-0.4, -0.2) is 18.6 Å². The van der Waals surface area contributed by atoms with Crippen molar-refractivity contribution in [1.29, 1.82) is 0 Å². The van der Waals surface area contributed by atoms with Crippen molar-refractivity contribution in [3.8, 4) is 0 Å². The van der Waals surface area contributed by atoms with Crippen LogP contribution in [0.4, 0.5) is 4.39 Å². The van der Waals surface area contributed by atoms with Crippen LogP contribution in [0.25, 0.3) is 0 Å². The highest BCUT2D eigenvalue weighted by Gasteiger charge is 2.38. The average Bonchev–Trinajstić information content (AvgIpc) is 2.27. The Morgan fingerprint density at radius 1 is 1.53 bits per heavy atom. The summed E-state index contributed by atoms with van der Waals surface area (Å²) in [5.41, 5.74) is -0.363. The van der Waals surface area contributed by atoms with Gasteiger partial charge in [0, 0.05) is 10.5 Å². The summed E-state index contributed by atoms with van der Waals surface area (Å²) in [7, 11) is 0. The molecule has 0 saturated carbocycles. The lowest BCUT2D eigenvalue weighted by atomic mass is 9.91. The van der Waals surface area contributed by atoms with E-state index < -0.39 is 5.54 Å². The first-order valence-corrected chi connectivity index (χ1v) is 7.01. The molecule has 3 nitrogen and oxygen atoms in total. The fraction of sp³-hybridized carbons (Fsp3) is 0.500. The van der Waals surface area contributed by atoms with E-state index in [4.69, 9.17) is 4.74 Å².